The van der Waals surface area contributed by atoms with Crippen molar-refractivity contribution in [2.24, 2.45) is 11.5 Å². The average molecular weight is 282 g/mol. The first-order valence-electron chi connectivity index (χ1n) is 6.64. The first kappa shape index (κ1) is 14.3. The van der Waals surface area contributed by atoms with E-state index in [0.29, 0.717) is 11.6 Å². The normalized spacial score (nSPS) is 22.1. The van der Waals surface area contributed by atoms with Crippen LogP contribution in [0.4, 0.5) is 0 Å². The van der Waals surface area contributed by atoms with Gasteiger partial charge >= 0.3 is 0 Å². The number of halogens is 1. The molecule has 0 aromatic heterocycles. The fourth-order valence-corrected chi connectivity index (χ4v) is 2.91. The van der Waals surface area contributed by atoms with Gasteiger partial charge in [-0.1, -0.05) is 30.2 Å². The van der Waals surface area contributed by atoms with Crippen LogP contribution in [0.25, 0.3) is 0 Å². The van der Waals surface area contributed by atoms with Gasteiger partial charge in [-0.25, -0.2) is 0 Å². The van der Waals surface area contributed by atoms with Crippen LogP contribution in [-0.2, 0) is 4.79 Å². The molecule has 1 aromatic rings. The number of carbonyl (C=O) groups excluding carboxylic acids is 1. The average Bonchev–Trinajstić information content (AvgIpc) is 2.42. The van der Waals surface area contributed by atoms with Crippen LogP contribution in [0.2, 0.25) is 5.02 Å². The van der Waals surface area contributed by atoms with E-state index in [1.807, 2.05) is 24.3 Å². The van der Waals surface area contributed by atoms with Crippen molar-refractivity contribution in [2.75, 3.05) is 13.1 Å². The Bertz CT molecular complexity index is 435. The van der Waals surface area contributed by atoms with E-state index in [1.54, 1.807) is 0 Å². The molecule has 1 heterocycles. The summed E-state index contributed by atoms with van der Waals surface area (Å²) in [6.07, 6.45) is 2.94. The fraction of sp³-hybridized carbons (Fsp3) is 0.500. The van der Waals surface area contributed by atoms with Gasteiger partial charge in [0.05, 0.1) is 6.04 Å². The van der Waals surface area contributed by atoms with Gasteiger partial charge < -0.3 is 11.5 Å². The number of nitrogens with two attached hydrogens (primary N) is 2. The Morgan fingerprint density at radius 3 is 2.63 bits per heavy atom. The molecule has 2 rings (SSSR count). The molecular formula is C14H20ClN3O. The van der Waals surface area contributed by atoms with Crippen molar-refractivity contribution in [3.63, 3.8) is 0 Å². The second kappa shape index (κ2) is 6.37. The molecule has 0 bridgehead atoms. The van der Waals surface area contributed by atoms with Crippen LogP contribution >= 0.6 is 11.6 Å². The Balaban J connectivity index is 2.24. The quantitative estimate of drug-likeness (QED) is 0.882. The van der Waals surface area contributed by atoms with Crippen LogP contribution in [0, 0.1) is 0 Å². The second-order valence-electron chi connectivity index (χ2n) is 4.95. The van der Waals surface area contributed by atoms with Gasteiger partial charge in [0.1, 0.15) is 0 Å². The summed E-state index contributed by atoms with van der Waals surface area (Å²) in [5.41, 5.74) is 12.5. The minimum absolute atomic E-state index is 0.0232. The molecule has 0 saturated carbocycles. The van der Waals surface area contributed by atoms with Gasteiger partial charge in [0.25, 0.3) is 0 Å². The number of nitrogens with zero attached hydrogens (tertiary/aromatic N) is 1. The lowest BCUT2D eigenvalue weighted by molar-refractivity contribution is -0.125. The van der Waals surface area contributed by atoms with E-state index >= 15 is 0 Å². The number of likely N-dealkylation sites (tertiary alicyclic amines) is 1. The lowest BCUT2D eigenvalue weighted by Crippen LogP contribution is -2.50. The van der Waals surface area contributed by atoms with Gasteiger partial charge in [0.15, 0.2) is 0 Å². The molecule has 19 heavy (non-hydrogen) atoms. The van der Waals surface area contributed by atoms with Gasteiger partial charge in [-0.3, -0.25) is 9.69 Å². The van der Waals surface area contributed by atoms with Gasteiger partial charge in [0.2, 0.25) is 5.91 Å². The lowest BCUT2D eigenvalue weighted by atomic mass is 9.96. The number of hydrogen-bond acceptors (Lipinski definition) is 3. The van der Waals surface area contributed by atoms with Crippen molar-refractivity contribution in [1.82, 2.24) is 4.90 Å². The summed E-state index contributed by atoms with van der Waals surface area (Å²) < 4.78 is 0. The number of amides is 1. The van der Waals surface area contributed by atoms with Crippen LogP contribution in [-0.4, -0.2) is 29.9 Å². The van der Waals surface area contributed by atoms with Crippen molar-refractivity contribution in [3.05, 3.63) is 34.9 Å². The van der Waals surface area contributed by atoms with E-state index in [1.165, 1.54) is 0 Å². The van der Waals surface area contributed by atoms with Crippen molar-refractivity contribution in [1.29, 1.82) is 0 Å². The monoisotopic (exact) mass is 281 g/mol. The highest BCUT2D eigenvalue weighted by molar-refractivity contribution is 6.30. The third-order valence-electron chi connectivity index (χ3n) is 3.75. The molecule has 1 fully saturated rings. The van der Waals surface area contributed by atoms with Gasteiger partial charge in [-0.2, -0.15) is 0 Å². The van der Waals surface area contributed by atoms with Crippen molar-refractivity contribution in [2.45, 2.75) is 31.3 Å². The van der Waals surface area contributed by atoms with E-state index in [2.05, 4.69) is 4.90 Å². The molecule has 4 nitrogen and oxygen atoms in total. The molecule has 2 unspecified atom stereocenters. The summed E-state index contributed by atoms with van der Waals surface area (Å²) in [5, 5.41) is 0.699. The number of benzene rings is 1. The van der Waals surface area contributed by atoms with E-state index in [4.69, 9.17) is 23.1 Å². The largest absolute Gasteiger partial charge is 0.368 e. The van der Waals surface area contributed by atoms with Gasteiger partial charge in [0, 0.05) is 17.6 Å². The molecule has 0 spiro atoms. The first-order chi connectivity index (χ1) is 9.13. The zero-order valence-corrected chi connectivity index (χ0v) is 11.6. The maximum Gasteiger partial charge on any atom is 0.234 e. The smallest absolute Gasteiger partial charge is 0.234 e. The van der Waals surface area contributed by atoms with Crippen LogP contribution in [0.3, 0.4) is 0 Å². The number of carbonyl (C=O) groups is 1. The highest BCUT2D eigenvalue weighted by atomic mass is 35.5. The van der Waals surface area contributed by atoms with Crippen molar-refractivity contribution in [3.8, 4) is 0 Å². The standard InChI is InChI=1S/C14H20ClN3O/c15-11-6-4-10(5-7-11)13(9-16)18-8-2-1-3-12(18)14(17)19/h4-7,12-13H,1-3,8-9,16H2,(H2,17,19). The molecule has 1 aliphatic heterocycles. The van der Waals surface area contributed by atoms with Crippen molar-refractivity contribution < 1.29 is 4.79 Å². The number of rotatable bonds is 4. The molecule has 104 valence electrons. The Hall–Kier alpha value is -1.10. The van der Waals surface area contributed by atoms with Crippen molar-refractivity contribution >= 4 is 17.5 Å². The van der Waals surface area contributed by atoms with E-state index < -0.39 is 0 Å². The summed E-state index contributed by atoms with van der Waals surface area (Å²) in [7, 11) is 0. The number of piperidine rings is 1. The molecule has 4 N–H and O–H groups in total. The predicted octanol–water partition coefficient (Wildman–Crippen LogP) is 1.68. The van der Waals surface area contributed by atoms with Crippen LogP contribution < -0.4 is 11.5 Å². The molecule has 0 radical (unpaired) electrons. The Labute approximate surface area is 118 Å². The molecule has 5 heteroatoms. The molecule has 1 aromatic carbocycles. The second-order valence-corrected chi connectivity index (χ2v) is 5.39. The summed E-state index contributed by atoms with van der Waals surface area (Å²) in [5.74, 6) is -0.257. The highest BCUT2D eigenvalue weighted by Crippen LogP contribution is 2.28. The van der Waals surface area contributed by atoms with Crippen LogP contribution in [0.5, 0.6) is 0 Å². The molecule has 1 saturated heterocycles. The Morgan fingerprint density at radius 2 is 2.05 bits per heavy atom. The van der Waals surface area contributed by atoms with Crippen LogP contribution in [0.1, 0.15) is 30.9 Å². The third-order valence-corrected chi connectivity index (χ3v) is 4.00. The van der Waals surface area contributed by atoms with Gasteiger partial charge in [-0.15, -0.1) is 0 Å². The summed E-state index contributed by atoms with van der Waals surface area (Å²) >= 11 is 5.91. The molecular weight excluding hydrogens is 262 g/mol. The Morgan fingerprint density at radius 1 is 1.37 bits per heavy atom. The third kappa shape index (κ3) is 3.26. The highest BCUT2D eigenvalue weighted by Gasteiger charge is 2.32. The first-order valence-corrected chi connectivity index (χ1v) is 7.02. The minimum Gasteiger partial charge on any atom is -0.368 e. The molecule has 1 aliphatic rings. The molecule has 1 amide bonds. The summed E-state index contributed by atoms with van der Waals surface area (Å²) in [4.78, 5) is 13.7. The maximum atomic E-state index is 11.6. The van der Waals surface area contributed by atoms with Crippen LogP contribution in [0.15, 0.2) is 24.3 Å². The zero-order valence-electron chi connectivity index (χ0n) is 10.9. The van der Waals surface area contributed by atoms with E-state index in [0.717, 1.165) is 31.4 Å². The number of hydrogen-bond donors (Lipinski definition) is 2. The minimum atomic E-state index is -0.257. The molecule has 2 atom stereocenters. The van der Waals surface area contributed by atoms with Gasteiger partial charge in [-0.05, 0) is 37.1 Å². The lowest BCUT2D eigenvalue weighted by Gasteiger charge is -2.39. The maximum absolute atomic E-state index is 11.6. The summed E-state index contributed by atoms with van der Waals surface area (Å²) in [6.45, 7) is 1.32. The van der Waals surface area contributed by atoms with E-state index in [-0.39, 0.29) is 18.0 Å². The SMILES string of the molecule is NCC(c1ccc(Cl)cc1)N1CCCCC1C(N)=O. The Kier molecular flexibility index (Phi) is 4.80. The summed E-state index contributed by atoms with van der Waals surface area (Å²) in [6, 6.07) is 7.44. The van der Waals surface area contributed by atoms with E-state index in [9.17, 15) is 4.79 Å². The number of primary amides is 1. The zero-order chi connectivity index (χ0) is 13.8. The topological polar surface area (TPSA) is 72.3 Å². The predicted molar refractivity (Wildman–Crippen MR) is 76.8 cm³/mol. The molecule has 0 aliphatic carbocycles. The fourth-order valence-electron chi connectivity index (χ4n) is 2.78.